The standard InChI is InChI=1S/C18H20N2O5S/c1-12-8-9-14(18(21)24-2)10-16(12)26(22,23)20-17-11-15(25-19-17)13-6-4-3-5-7-13/h3-10,15,17,19-20H,11H2,1-2H3. The van der Waals surface area contributed by atoms with Gasteiger partial charge >= 0.3 is 5.97 Å². The van der Waals surface area contributed by atoms with Crippen molar-refractivity contribution >= 4 is 16.0 Å². The van der Waals surface area contributed by atoms with E-state index < -0.39 is 22.2 Å². The molecule has 2 atom stereocenters. The van der Waals surface area contributed by atoms with Crippen LogP contribution in [-0.4, -0.2) is 27.7 Å². The van der Waals surface area contributed by atoms with E-state index in [1.807, 2.05) is 30.3 Å². The molecule has 138 valence electrons. The van der Waals surface area contributed by atoms with Crippen molar-refractivity contribution in [1.82, 2.24) is 10.2 Å². The summed E-state index contributed by atoms with van der Waals surface area (Å²) < 4.78 is 32.7. The minimum Gasteiger partial charge on any atom is -0.465 e. The van der Waals surface area contributed by atoms with Crippen LogP contribution in [0.4, 0.5) is 0 Å². The third kappa shape index (κ3) is 3.94. The van der Waals surface area contributed by atoms with Crippen LogP contribution < -0.4 is 10.2 Å². The summed E-state index contributed by atoms with van der Waals surface area (Å²) in [4.78, 5) is 17.2. The maximum atomic E-state index is 12.8. The summed E-state index contributed by atoms with van der Waals surface area (Å²) in [6, 6.07) is 14.0. The average molecular weight is 376 g/mol. The lowest BCUT2D eigenvalue weighted by Gasteiger charge is -2.14. The van der Waals surface area contributed by atoms with Crippen molar-refractivity contribution in [1.29, 1.82) is 0 Å². The van der Waals surface area contributed by atoms with Gasteiger partial charge in [-0.1, -0.05) is 36.4 Å². The van der Waals surface area contributed by atoms with E-state index in [9.17, 15) is 13.2 Å². The molecule has 8 heteroatoms. The van der Waals surface area contributed by atoms with E-state index in [1.54, 1.807) is 13.0 Å². The molecule has 2 N–H and O–H groups in total. The Morgan fingerprint density at radius 2 is 1.96 bits per heavy atom. The van der Waals surface area contributed by atoms with Crippen molar-refractivity contribution in [3.05, 3.63) is 65.2 Å². The van der Waals surface area contributed by atoms with Gasteiger partial charge in [0.15, 0.2) is 0 Å². The Morgan fingerprint density at radius 3 is 2.65 bits per heavy atom. The van der Waals surface area contributed by atoms with Gasteiger partial charge in [0.25, 0.3) is 0 Å². The minimum absolute atomic E-state index is 0.0327. The van der Waals surface area contributed by atoms with Gasteiger partial charge in [0.05, 0.1) is 23.7 Å². The largest absolute Gasteiger partial charge is 0.465 e. The van der Waals surface area contributed by atoms with Crippen LogP contribution in [-0.2, 0) is 19.6 Å². The van der Waals surface area contributed by atoms with Crippen molar-refractivity contribution in [2.45, 2.75) is 30.5 Å². The first-order valence-corrected chi connectivity index (χ1v) is 9.56. The Morgan fingerprint density at radius 1 is 1.23 bits per heavy atom. The molecular formula is C18H20N2O5S. The highest BCUT2D eigenvalue weighted by Gasteiger charge is 2.31. The molecule has 0 aromatic heterocycles. The first kappa shape index (κ1) is 18.5. The second-order valence-corrected chi connectivity index (χ2v) is 7.70. The third-order valence-electron chi connectivity index (χ3n) is 4.17. The maximum Gasteiger partial charge on any atom is 0.337 e. The van der Waals surface area contributed by atoms with Gasteiger partial charge in [-0.15, -0.1) is 0 Å². The molecule has 2 aromatic carbocycles. The number of nitrogens with one attached hydrogen (secondary N) is 2. The Bertz CT molecular complexity index is 899. The molecule has 3 rings (SSSR count). The maximum absolute atomic E-state index is 12.8. The van der Waals surface area contributed by atoms with Gasteiger partial charge in [0, 0.05) is 6.42 Å². The molecule has 2 aromatic rings. The lowest BCUT2D eigenvalue weighted by atomic mass is 10.1. The molecule has 0 amide bonds. The number of benzene rings is 2. The summed E-state index contributed by atoms with van der Waals surface area (Å²) in [6.07, 6.45) is -0.378. The molecule has 0 saturated carbocycles. The molecule has 1 saturated heterocycles. The molecule has 1 aliphatic rings. The molecule has 26 heavy (non-hydrogen) atoms. The number of aryl methyl sites for hydroxylation is 1. The van der Waals surface area contributed by atoms with Crippen LogP contribution in [0, 0.1) is 6.92 Å². The van der Waals surface area contributed by atoms with Gasteiger partial charge in [0.1, 0.15) is 6.10 Å². The van der Waals surface area contributed by atoms with Crippen LogP contribution in [0.15, 0.2) is 53.4 Å². The molecule has 2 unspecified atom stereocenters. The lowest BCUT2D eigenvalue weighted by Crippen LogP contribution is -2.41. The van der Waals surface area contributed by atoms with E-state index in [0.717, 1.165) is 5.56 Å². The number of ether oxygens (including phenoxy) is 1. The summed E-state index contributed by atoms with van der Waals surface area (Å²) in [5, 5.41) is 0. The van der Waals surface area contributed by atoms with Crippen molar-refractivity contribution in [3.8, 4) is 0 Å². The number of carbonyl (C=O) groups is 1. The lowest BCUT2D eigenvalue weighted by molar-refractivity contribution is 0.0248. The molecule has 0 radical (unpaired) electrons. The molecular weight excluding hydrogens is 356 g/mol. The summed E-state index contributed by atoms with van der Waals surface area (Å²) >= 11 is 0. The van der Waals surface area contributed by atoms with Gasteiger partial charge in [-0.2, -0.15) is 10.2 Å². The number of hydrogen-bond donors (Lipinski definition) is 2. The molecule has 1 heterocycles. The summed E-state index contributed by atoms with van der Waals surface area (Å²) in [7, 11) is -2.60. The fourth-order valence-corrected chi connectivity index (χ4v) is 4.22. The van der Waals surface area contributed by atoms with Gasteiger partial charge in [-0.3, -0.25) is 4.84 Å². The van der Waals surface area contributed by atoms with Crippen LogP contribution in [0.1, 0.15) is 34.0 Å². The zero-order chi connectivity index (χ0) is 18.7. The number of hydroxylamine groups is 1. The fourth-order valence-electron chi connectivity index (χ4n) is 2.80. The van der Waals surface area contributed by atoms with E-state index in [-0.39, 0.29) is 16.6 Å². The average Bonchev–Trinajstić information content (AvgIpc) is 3.09. The molecule has 1 aliphatic heterocycles. The smallest absolute Gasteiger partial charge is 0.337 e. The van der Waals surface area contributed by atoms with Crippen LogP contribution >= 0.6 is 0 Å². The molecule has 1 fully saturated rings. The number of esters is 1. The Hall–Kier alpha value is -2.26. The number of rotatable bonds is 5. The first-order chi connectivity index (χ1) is 12.4. The zero-order valence-electron chi connectivity index (χ0n) is 14.4. The van der Waals surface area contributed by atoms with Crippen molar-refractivity contribution in [2.75, 3.05) is 7.11 Å². The van der Waals surface area contributed by atoms with Crippen LogP contribution in [0.5, 0.6) is 0 Å². The predicted molar refractivity (Wildman–Crippen MR) is 94.6 cm³/mol. The van der Waals surface area contributed by atoms with Gasteiger partial charge in [0.2, 0.25) is 10.0 Å². The van der Waals surface area contributed by atoms with Gasteiger partial charge in [-0.25, -0.2) is 13.2 Å². The quantitative estimate of drug-likeness (QED) is 0.776. The number of sulfonamides is 1. The second kappa shape index (κ2) is 7.55. The van der Waals surface area contributed by atoms with E-state index in [4.69, 9.17) is 4.84 Å². The van der Waals surface area contributed by atoms with Crippen molar-refractivity contribution in [3.63, 3.8) is 0 Å². The molecule has 0 aliphatic carbocycles. The van der Waals surface area contributed by atoms with Crippen molar-refractivity contribution < 1.29 is 22.8 Å². The summed E-state index contributed by atoms with van der Waals surface area (Å²) in [5.41, 5.74) is 4.39. The highest BCUT2D eigenvalue weighted by atomic mass is 32.2. The zero-order valence-corrected chi connectivity index (χ0v) is 15.2. The minimum atomic E-state index is -3.84. The van der Waals surface area contributed by atoms with E-state index in [1.165, 1.54) is 19.2 Å². The molecule has 7 nitrogen and oxygen atoms in total. The number of hydrogen-bond acceptors (Lipinski definition) is 6. The van der Waals surface area contributed by atoms with E-state index in [2.05, 4.69) is 14.9 Å². The normalized spacial score (nSPS) is 20.1. The fraction of sp³-hybridized carbons (Fsp3) is 0.278. The van der Waals surface area contributed by atoms with E-state index >= 15 is 0 Å². The van der Waals surface area contributed by atoms with Crippen LogP contribution in [0.25, 0.3) is 0 Å². The molecule has 0 bridgehead atoms. The van der Waals surface area contributed by atoms with Gasteiger partial charge in [-0.05, 0) is 30.2 Å². The molecule has 0 spiro atoms. The summed E-state index contributed by atoms with van der Waals surface area (Å²) in [6.45, 7) is 1.67. The highest BCUT2D eigenvalue weighted by Crippen LogP contribution is 2.27. The Labute approximate surface area is 152 Å². The Kier molecular flexibility index (Phi) is 5.38. The monoisotopic (exact) mass is 376 g/mol. The number of carbonyl (C=O) groups excluding carboxylic acids is 1. The van der Waals surface area contributed by atoms with E-state index in [0.29, 0.717) is 12.0 Å². The van der Waals surface area contributed by atoms with Gasteiger partial charge < -0.3 is 4.74 Å². The highest BCUT2D eigenvalue weighted by molar-refractivity contribution is 7.89. The third-order valence-corrected chi connectivity index (χ3v) is 5.78. The topological polar surface area (TPSA) is 93.7 Å². The van der Waals surface area contributed by atoms with Crippen LogP contribution in [0.2, 0.25) is 0 Å². The first-order valence-electron chi connectivity index (χ1n) is 8.08. The van der Waals surface area contributed by atoms with Crippen LogP contribution in [0.3, 0.4) is 0 Å². The predicted octanol–water partition coefficient (Wildman–Crippen LogP) is 2.05. The Balaban J connectivity index is 1.77. The SMILES string of the molecule is COC(=O)c1ccc(C)c(S(=O)(=O)NC2CC(c3ccccc3)ON2)c1. The summed E-state index contributed by atoms with van der Waals surface area (Å²) in [5.74, 6) is -0.590. The number of methoxy groups -OCH3 is 1. The van der Waals surface area contributed by atoms with Crippen molar-refractivity contribution in [2.24, 2.45) is 0 Å². The second-order valence-electron chi connectivity index (χ2n) is 6.02.